The molecule has 1 heterocycles. The van der Waals surface area contributed by atoms with Crippen LogP contribution in [0.1, 0.15) is 48.4 Å². The van der Waals surface area contributed by atoms with Crippen molar-refractivity contribution < 1.29 is 9.53 Å². The highest BCUT2D eigenvalue weighted by atomic mass is 16.5. The van der Waals surface area contributed by atoms with Gasteiger partial charge in [0.25, 0.3) is 0 Å². The van der Waals surface area contributed by atoms with Crippen molar-refractivity contribution in [3.05, 3.63) is 71.3 Å². The molecule has 0 aromatic heterocycles. The lowest BCUT2D eigenvalue weighted by atomic mass is 9.92. The van der Waals surface area contributed by atoms with Gasteiger partial charge >= 0.3 is 5.97 Å². The third-order valence-electron chi connectivity index (χ3n) is 5.19. The third-order valence-corrected chi connectivity index (χ3v) is 5.19. The Morgan fingerprint density at radius 1 is 1.23 bits per heavy atom. The summed E-state index contributed by atoms with van der Waals surface area (Å²) in [7, 11) is 1.43. The Hall–Kier alpha value is -2.17. The number of benzene rings is 2. The number of nitrogens with one attached hydrogen (secondary N) is 2. The van der Waals surface area contributed by atoms with E-state index < -0.39 is 0 Å². The monoisotopic (exact) mass is 352 g/mol. The molecule has 3 rings (SSSR count). The molecule has 0 bridgehead atoms. The van der Waals surface area contributed by atoms with E-state index in [2.05, 4.69) is 53.1 Å². The van der Waals surface area contributed by atoms with Crippen LogP contribution in [0.5, 0.6) is 0 Å². The Morgan fingerprint density at radius 2 is 2.04 bits per heavy atom. The second-order valence-electron chi connectivity index (χ2n) is 6.96. The first-order chi connectivity index (χ1) is 12.7. The number of rotatable bonds is 6. The molecule has 0 radical (unpaired) electrons. The summed E-state index contributed by atoms with van der Waals surface area (Å²) < 4.78 is 4.86. The molecule has 4 heteroatoms. The Morgan fingerprint density at radius 3 is 2.81 bits per heavy atom. The van der Waals surface area contributed by atoms with Crippen LogP contribution >= 0.6 is 0 Å². The topological polar surface area (TPSA) is 50.4 Å². The first kappa shape index (κ1) is 18.6. The van der Waals surface area contributed by atoms with Crippen LogP contribution in [0.2, 0.25) is 0 Å². The van der Waals surface area contributed by atoms with Crippen LogP contribution in [0.25, 0.3) is 0 Å². The largest absolute Gasteiger partial charge is 0.469 e. The van der Waals surface area contributed by atoms with Crippen LogP contribution in [-0.4, -0.2) is 25.7 Å². The van der Waals surface area contributed by atoms with E-state index in [-0.39, 0.29) is 11.9 Å². The molecule has 0 saturated carbocycles. The highest BCUT2D eigenvalue weighted by Gasteiger charge is 2.25. The van der Waals surface area contributed by atoms with E-state index in [0.717, 1.165) is 25.1 Å². The highest BCUT2D eigenvalue weighted by molar-refractivity contribution is 5.77. The van der Waals surface area contributed by atoms with Crippen molar-refractivity contribution in [1.29, 1.82) is 0 Å². The number of carbonyl (C=O) groups is 1. The zero-order valence-corrected chi connectivity index (χ0v) is 15.6. The predicted octanol–water partition coefficient (Wildman–Crippen LogP) is 3.55. The minimum atomic E-state index is -0.242. The summed E-state index contributed by atoms with van der Waals surface area (Å²) in [5, 5.41) is 7.37. The summed E-state index contributed by atoms with van der Waals surface area (Å²) in [6, 6.07) is 19.6. The molecule has 1 unspecified atom stereocenters. The molecule has 1 fully saturated rings. The maximum atomic E-state index is 11.8. The number of esters is 1. The zero-order valence-electron chi connectivity index (χ0n) is 15.6. The molecule has 1 saturated heterocycles. The van der Waals surface area contributed by atoms with Crippen LogP contribution in [0.4, 0.5) is 0 Å². The van der Waals surface area contributed by atoms with E-state index in [1.54, 1.807) is 0 Å². The maximum Gasteiger partial charge on any atom is 0.312 e. The average Bonchev–Trinajstić information content (AvgIpc) is 2.72. The second kappa shape index (κ2) is 8.97. The van der Waals surface area contributed by atoms with Crippen molar-refractivity contribution in [1.82, 2.24) is 10.6 Å². The predicted molar refractivity (Wildman–Crippen MR) is 104 cm³/mol. The average molecular weight is 352 g/mol. The van der Waals surface area contributed by atoms with Gasteiger partial charge < -0.3 is 15.4 Å². The number of methoxy groups -OCH3 is 1. The van der Waals surface area contributed by atoms with Gasteiger partial charge in [0.05, 0.1) is 13.0 Å². The third kappa shape index (κ3) is 4.51. The normalized spacial score (nSPS) is 21.2. The van der Waals surface area contributed by atoms with Crippen molar-refractivity contribution in [2.24, 2.45) is 0 Å². The highest BCUT2D eigenvalue weighted by Crippen LogP contribution is 2.24. The lowest BCUT2D eigenvalue weighted by Crippen LogP contribution is -2.45. The van der Waals surface area contributed by atoms with Crippen molar-refractivity contribution in [3.63, 3.8) is 0 Å². The number of ether oxygens (including phenoxy) is 1. The molecular formula is C22H28N2O2. The lowest BCUT2D eigenvalue weighted by Gasteiger charge is -2.34. The van der Waals surface area contributed by atoms with Gasteiger partial charge in [-0.3, -0.25) is 4.79 Å². The van der Waals surface area contributed by atoms with Crippen LogP contribution < -0.4 is 10.6 Å². The number of hydrogen-bond acceptors (Lipinski definition) is 4. The molecular weight excluding hydrogens is 324 g/mol. The summed E-state index contributed by atoms with van der Waals surface area (Å²) >= 11 is 0. The van der Waals surface area contributed by atoms with E-state index in [9.17, 15) is 4.79 Å². The molecule has 1 aliphatic heterocycles. The summed E-state index contributed by atoms with van der Waals surface area (Å²) in [5.41, 5.74) is 3.52. The number of piperidine rings is 1. The van der Waals surface area contributed by atoms with Crippen LogP contribution in [0, 0.1) is 0 Å². The van der Waals surface area contributed by atoms with Gasteiger partial charge in [0.1, 0.15) is 0 Å². The molecule has 3 atom stereocenters. The number of hydrogen-bond donors (Lipinski definition) is 2. The summed E-state index contributed by atoms with van der Waals surface area (Å²) in [4.78, 5) is 11.8. The maximum absolute atomic E-state index is 11.8. The Labute approximate surface area is 156 Å². The van der Waals surface area contributed by atoms with Crippen molar-refractivity contribution >= 4 is 5.97 Å². The minimum Gasteiger partial charge on any atom is -0.469 e. The van der Waals surface area contributed by atoms with E-state index in [1.807, 2.05) is 19.1 Å². The molecule has 2 N–H and O–H groups in total. The number of carbonyl (C=O) groups excluding carboxylic acids is 1. The Kier molecular flexibility index (Phi) is 6.42. The van der Waals surface area contributed by atoms with Gasteiger partial charge in [0, 0.05) is 18.6 Å². The van der Waals surface area contributed by atoms with E-state index in [1.165, 1.54) is 24.7 Å². The molecule has 4 nitrogen and oxygen atoms in total. The van der Waals surface area contributed by atoms with Crippen LogP contribution in [-0.2, 0) is 16.1 Å². The van der Waals surface area contributed by atoms with Gasteiger partial charge in [-0.25, -0.2) is 0 Å². The second-order valence-corrected chi connectivity index (χ2v) is 6.96. The summed E-state index contributed by atoms with van der Waals surface area (Å²) in [6.07, 6.45) is 2.34. The minimum absolute atomic E-state index is 0.198. The van der Waals surface area contributed by atoms with Crippen molar-refractivity contribution in [2.45, 2.75) is 44.3 Å². The first-order valence-electron chi connectivity index (χ1n) is 9.37. The molecule has 138 valence electrons. The summed E-state index contributed by atoms with van der Waals surface area (Å²) in [6.45, 7) is 3.73. The molecule has 1 aliphatic rings. The van der Waals surface area contributed by atoms with Gasteiger partial charge in [0.15, 0.2) is 0 Å². The van der Waals surface area contributed by atoms with Gasteiger partial charge in [-0.05, 0) is 43.0 Å². The SMILES string of the molecule is COC(=O)C(C)c1cccc(CN[C@H]2CCCN[C@H]2c2ccccc2)c1. The molecule has 0 spiro atoms. The van der Waals surface area contributed by atoms with E-state index >= 15 is 0 Å². The van der Waals surface area contributed by atoms with E-state index in [0.29, 0.717) is 12.1 Å². The van der Waals surface area contributed by atoms with Gasteiger partial charge in [-0.1, -0.05) is 54.6 Å². The molecule has 0 aliphatic carbocycles. The van der Waals surface area contributed by atoms with Crippen molar-refractivity contribution in [3.8, 4) is 0 Å². The Bertz CT molecular complexity index is 717. The Balaban J connectivity index is 1.66. The fraction of sp³-hybridized carbons (Fsp3) is 0.409. The van der Waals surface area contributed by atoms with Gasteiger partial charge in [0.2, 0.25) is 0 Å². The van der Waals surface area contributed by atoms with Gasteiger partial charge in [-0.15, -0.1) is 0 Å². The van der Waals surface area contributed by atoms with Crippen LogP contribution in [0.15, 0.2) is 54.6 Å². The smallest absolute Gasteiger partial charge is 0.312 e. The lowest BCUT2D eigenvalue weighted by molar-refractivity contribution is -0.141. The van der Waals surface area contributed by atoms with Gasteiger partial charge in [-0.2, -0.15) is 0 Å². The fourth-order valence-electron chi connectivity index (χ4n) is 3.65. The van der Waals surface area contributed by atoms with E-state index in [4.69, 9.17) is 4.74 Å². The quantitative estimate of drug-likeness (QED) is 0.781. The fourth-order valence-corrected chi connectivity index (χ4v) is 3.65. The molecule has 26 heavy (non-hydrogen) atoms. The molecule has 2 aromatic rings. The zero-order chi connectivity index (χ0) is 18.4. The standard InChI is InChI=1S/C22H28N2O2/c1-16(22(25)26-2)19-11-6-8-17(14-19)15-24-20-12-7-13-23-21(20)18-9-4-3-5-10-18/h3-6,8-11,14,16,20-21,23-24H,7,12-13,15H2,1-2H3/t16?,20-,21-/m0/s1. The first-order valence-corrected chi connectivity index (χ1v) is 9.37. The molecule has 0 amide bonds. The van der Waals surface area contributed by atoms with Crippen LogP contribution in [0.3, 0.4) is 0 Å². The van der Waals surface area contributed by atoms with Crippen molar-refractivity contribution in [2.75, 3.05) is 13.7 Å². The summed E-state index contributed by atoms with van der Waals surface area (Å²) in [5.74, 6) is -0.441. The molecule has 2 aromatic carbocycles.